The number of likely N-dealkylation sites (N-methyl/N-ethyl adjacent to an activating group) is 1. The standard InChI is InChI=1S/C12H19N3O5/c1-2-14(5-6-16)9-3-4-10(13-8-12(17)18)11(7-9)15(19)20/h3-4,7,12-13,16-18H,2,5-6,8H2,1H3. The molecule has 0 aliphatic rings. The molecule has 4 N–H and O–H groups in total. The quantitative estimate of drug-likeness (QED) is 0.304. The molecule has 1 aromatic carbocycles. The highest BCUT2D eigenvalue weighted by atomic mass is 16.6. The number of benzene rings is 1. The van der Waals surface area contributed by atoms with Gasteiger partial charge in [0, 0.05) is 24.8 Å². The normalized spacial score (nSPS) is 10.7. The lowest BCUT2D eigenvalue weighted by molar-refractivity contribution is -0.383. The first-order chi connectivity index (χ1) is 9.49. The van der Waals surface area contributed by atoms with Crippen LogP contribution in [-0.2, 0) is 0 Å². The molecule has 0 saturated heterocycles. The molecule has 8 heteroatoms. The summed E-state index contributed by atoms with van der Waals surface area (Å²) in [5.41, 5.74) is 0.690. The van der Waals surface area contributed by atoms with Gasteiger partial charge in [-0.25, -0.2) is 0 Å². The van der Waals surface area contributed by atoms with Crippen LogP contribution in [0.5, 0.6) is 0 Å². The van der Waals surface area contributed by atoms with Crippen molar-refractivity contribution >= 4 is 17.1 Å². The number of nitrogens with zero attached hydrogens (tertiary/aromatic N) is 2. The second-order valence-electron chi connectivity index (χ2n) is 4.12. The number of nitrogens with one attached hydrogen (secondary N) is 1. The average molecular weight is 285 g/mol. The first-order valence-electron chi connectivity index (χ1n) is 6.23. The maximum Gasteiger partial charge on any atom is 0.294 e. The van der Waals surface area contributed by atoms with Gasteiger partial charge in [0.2, 0.25) is 0 Å². The smallest absolute Gasteiger partial charge is 0.294 e. The molecule has 0 atom stereocenters. The van der Waals surface area contributed by atoms with Crippen molar-refractivity contribution in [2.45, 2.75) is 13.2 Å². The van der Waals surface area contributed by atoms with E-state index in [0.29, 0.717) is 18.8 Å². The molecule has 20 heavy (non-hydrogen) atoms. The highest BCUT2D eigenvalue weighted by Gasteiger charge is 2.17. The van der Waals surface area contributed by atoms with Crippen molar-refractivity contribution in [3.63, 3.8) is 0 Å². The summed E-state index contributed by atoms with van der Waals surface area (Å²) < 4.78 is 0. The summed E-state index contributed by atoms with van der Waals surface area (Å²) in [4.78, 5) is 12.3. The third kappa shape index (κ3) is 4.34. The van der Waals surface area contributed by atoms with E-state index in [9.17, 15) is 10.1 Å². The van der Waals surface area contributed by atoms with Crippen molar-refractivity contribution in [2.75, 3.05) is 36.5 Å². The summed E-state index contributed by atoms with van der Waals surface area (Å²) in [7, 11) is 0. The van der Waals surface area contributed by atoms with Crippen molar-refractivity contribution in [3.8, 4) is 0 Å². The Morgan fingerprint density at radius 3 is 2.65 bits per heavy atom. The van der Waals surface area contributed by atoms with Crippen molar-refractivity contribution in [2.24, 2.45) is 0 Å². The maximum atomic E-state index is 11.1. The molecule has 0 amide bonds. The van der Waals surface area contributed by atoms with E-state index in [-0.39, 0.29) is 24.5 Å². The van der Waals surface area contributed by atoms with Gasteiger partial charge in [0.25, 0.3) is 5.69 Å². The molecule has 0 spiro atoms. The molecule has 0 radical (unpaired) electrons. The van der Waals surface area contributed by atoms with Gasteiger partial charge in [-0.1, -0.05) is 0 Å². The number of rotatable bonds is 8. The van der Waals surface area contributed by atoms with Crippen LogP contribution < -0.4 is 10.2 Å². The fraction of sp³-hybridized carbons (Fsp3) is 0.500. The molecular formula is C12H19N3O5. The Balaban J connectivity index is 3.02. The van der Waals surface area contributed by atoms with E-state index in [4.69, 9.17) is 15.3 Å². The highest BCUT2D eigenvalue weighted by molar-refractivity contribution is 5.68. The Morgan fingerprint density at radius 1 is 1.45 bits per heavy atom. The summed E-state index contributed by atoms with van der Waals surface area (Å²) in [5.74, 6) is 0. The van der Waals surface area contributed by atoms with E-state index in [1.165, 1.54) is 12.1 Å². The molecule has 8 nitrogen and oxygen atoms in total. The van der Waals surface area contributed by atoms with E-state index in [1.54, 1.807) is 11.0 Å². The van der Waals surface area contributed by atoms with Gasteiger partial charge < -0.3 is 25.5 Å². The van der Waals surface area contributed by atoms with E-state index in [1.807, 2.05) is 6.92 Å². The second kappa shape index (κ2) is 7.63. The van der Waals surface area contributed by atoms with Crippen molar-refractivity contribution < 1.29 is 20.2 Å². The van der Waals surface area contributed by atoms with Crippen LogP contribution in [0.4, 0.5) is 17.1 Å². The number of hydrogen-bond acceptors (Lipinski definition) is 7. The Hall–Kier alpha value is -1.90. The lowest BCUT2D eigenvalue weighted by atomic mass is 10.2. The monoisotopic (exact) mass is 285 g/mol. The van der Waals surface area contributed by atoms with Crippen LogP contribution in [-0.4, -0.2) is 52.8 Å². The van der Waals surface area contributed by atoms with Gasteiger partial charge in [-0.05, 0) is 19.1 Å². The van der Waals surface area contributed by atoms with Crippen LogP contribution in [0.2, 0.25) is 0 Å². The molecule has 0 aromatic heterocycles. The van der Waals surface area contributed by atoms with Crippen molar-refractivity contribution in [3.05, 3.63) is 28.3 Å². The minimum atomic E-state index is -1.59. The summed E-state index contributed by atoms with van der Waals surface area (Å²) in [5, 5.41) is 40.2. The second-order valence-corrected chi connectivity index (χ2v) is 4.12. The lowest BCUT2D eigenvalue weighted by Crippen LogP contribution is -2.26. The molecule has 1 rings (SSSR count). The molecule has 0 unspecified atom stereocenters. The molecule has 0 aliphatic heterocycles. The molecule has 0 bridgehead atoms. The van der Waals surface area contributed by atoms with Crippen molar-refractivity contribution in [1.82, 2.24) is 0 Å². The predicted octanol–water partition coefficient (Wildman–Crippen LogP) is 0.136. The topological polar surface area (TPSA) is 119 Å². The zero-order valence-corrected chi connectivity index (χ0v) is 11.2. The number of anilines is 2. The van der Waals surface area contributed by atoms with Gasteiger partial charge in [0.05, 0.1) is 18.1 Å². The molecule has 112 valence electrons. The SMILES string of the molecule is CCN(CCO)c1ccc(NCC(O)O)c([N+](=O)[O-])c1. The fourth-order valence-electron chi connectivity index (χ4n) is 1.81. The number of nitro groups is 1. The van der Waals surface area contributed by atoms with Gasteiger partial charge in [0.15, 0.2) is 6.29 Å². The Morgan fingerprint density at radius 2 is 2.15 bits per heavy atom. The first kappa shape index (κ1) is 16.2. The minimum Gasteiger partial charge on any atom is -0.395 e. The number of nitro benzene ring substituents is 1. The van der Waals surface area contributed by atoms with Gasteiger partial charge in [-0.3, -0.25) is 10.1 Å². The zero-order chi connectivity index (χ0) is 15.1. The average Bonchev–Trinajstić information content (AvgIpc) is 2.42. The number of aliphatic hydroxyl groups is 3. The van der Waals surface area contributed by atoms with Crippen LogP contribution in [0.1, 0.15) is 6.92 Å². The molecular weight excluding hydrogens is 266 g/mol. The third-order valence-electron chi connectivity index (χ3n) is 2.77. The summed E-state index contributed by atoms with van der Waals surface area (Å²) in [6.07, 6.45) is -1.59. The molecule has 0 fully saturated rings. The predicted molar refractivity (Wildman–Crippen MR) is 74.8 cm³/mol. The Bertz CT molecular complexity index is 453. The molecule has 0 heterocycles. The van der Waals surface area contributed by atoms with Crippen LogP contribution in [0, 0.1) is 10.1 Å². The van der Waals surface area contributed by atoms with Gasteiger partial charge in [-0.15, -0.1) is 0 Å². The Labute approximate surface area is 116 Å². The van der Waals surface area contributed by atoms with Gasteiger partial charge >= 0.3 is 0 Å². The van der Waals surface area contributed by atoms with Crippen LogP contribution in [0.25, 0.3) is 0 Å². The van der Waals surface area contributed by atoms with E-state index in [2.05, 4.69) is 5.32 Å². The molecule has 0 aliphatic carbocycles. The summed E-state index contributed by atoms with van der Waals surface area (Å²) >= 11 is 0. The number of aliphatic hydroxyl groups excluding tert-OH is 2. The van der Waals surface area contributed by atoms with Crippen molar-refractivity contribution in [1.29, 1.82) is 0 Å². The fourth-order valence-corrected chi connectivity index (χ4v) is 1.81. The zero-order valence-electron chi connectivity index (χ0n) is 11.2. The van der Waals surface area contributed by atoms with E-state index < -0.39 is 11.2 Å². The van der Waals surface area contributed by atoms with Gasteiger partial charge in [-0.2, -0.15) is 0 Å². The summed E-state index contributed by atoms with van der Waals surface area (Å²) in [6, 6.07) is 4.58. The molecule has 0 saturated carbocycles. The van der Waals surface area contributed by atoms with E-state index in [0.717, 1.165) is 0 Å². The van der Waals surface area contributed by atoms with E-state index >= 15 is 0 Å². The number of hydrogen-bond donors (Lipinski definition) is 4. The largest absolute Gasteiger partial charge is 0.395 e. The highest BCUT2D eigenvalue weighted by Crippen LogP contribution is 2.29. The van der Waals surface area contributed by atoms with Gasteiger partial charge in [0.1, 0.15) is 5.69 Å². The summed E-state index contributed by atoms with van der Waals surface area (Å²) in [6.45, 7) is 2.64. The third-order valence-corrected chi connectivity index (χ3v) is 2.77. The van der Waals surface area contributed by atoms with Crippen LogP contribution in [0.3, 0.4) is 0 Å². The Kier molecular flexibility index (Phi) is 6.16. The first-order valence-corrected chi connectivity index (χ1v) is 6.23. The lowest BCUT2D eigenvalue weighted by Gasteiger charge is -2.22. The maximum absolute atomic E-state index is 11.1. The molecule has 1 aromatic rings. The van der Waals surface area contributed by atoms with Crippen LogP contribution >= 0.6 is 0 Å². The van der Waals surface area contributed by atoms with Crippen LogP contribution in [0.15, 0.2) is 18.2 Å². The minimum absolute atomic E-state index is 0.0433.